The fourth-order valence-electron chi connectivity index (χ4n) is 1.99. The molecule has 0 amide bonds. The van der Waals surface area contributed by atoms with E-state index in [1.807, 2.05) is 6.92 Å². The van der Waals surface area contributed by atoms with E-state index in [2.05, 4.69) is 12.2 Å². The zero-order valence-corrected chi connectivity index (χ0v) is 9.38. The fourth-order valence-corrected chi connectivity index (χ4v) is 1.99. The predicted molar refractivity (Wildman–Crippen MR) is 56.2 cm³/mol. The first kappa shape index (κ1) is 11.7. The van der Waals surface area contributed by atoms with Gasteiger partial charge in [0.05, 0.1) is 0 Å². The molecule has 0 spiro atoms. The van der Waals surface area contributed by atoms with E-state index in [1.54, 1.807) is 7.11 Å². The van der Waals surface area contributed by atoms with Gasteiger partial charge in [-0.15, -0.1) is 0 Å². The van der Waals surface area contributed by atoms with Crippen LogP contribution < -0.4 is 5.32 Å². The molecule has 1 aliphatic heterocycles. The van der Waals surface area contributed by atoms with Gasteiger partial charge in [0.25, 0.3) is 0 Å². The maximum absolute atomic E-state index is 12.0. The van der Waals surface area contributed by atoms with Crippen molar-refractivity contribution in [2.75, 3.05) is 26.8 Å². The van der Waals surface area contributed by atoms with E-state index in [9.17, 15) is 4.79 Å². The molecule has 0 aromatic rings. The van der Waals surface area contributed by atoms with E-state index in [0.717, 1.165) is 19.5 Å². The van der Waals surface area contributed by atoms with Gasteiger partial charge in [-0.05, 0) is 18.9 Å². The summed E-state index contributed by atoms with van der Waals surface area (Å²) >= 11 is 0. The lowest BCUT2D eigenvalue weighted by atomic mass is 9.86. The normalized spacial score (nSPS) is 29.1. The van der Waals surface area contributed by atoms with Gasteiger partial charge in [0.1, 0.15) is 5.78 Å². The smallest absolute Gasteiger partial charge is 0.140 e. The molecule has 0 saturated carbocycles. The molecular weight excluding hydrogens is 178 g/mol. The molecule has 82 valence electrons. The maximum Gasteiger partial charge on any atom is 0.140 e. The van der Waals surface area contributed by atoms with E-state index in [1.165, 1.54) is 0 Å². The third kappa shape index (κ3) is 2.79. The number of ether oxygens (including phenoxy) is 1. The molecule has 1 saturated heterocycles. The molecule has 14 heavy (non-hydrogen) atoms. The number of nitrogens with one attached hydrogen (secondary N) is 1. The molecule has 0 aromatic carbocycles. The summed E-state index contributed by atoms with van der Waals surface area (Å²) in [4.78, 5) is 12.0. The van der Waals surface area contributed by atoms with Crippen molar-refractivity contribution in [2.24, 2.45) is 17.8 Å². The Labute approximate surface area is 86.2 Å². The van der Waals surface area contributed by atoms with Gasteiger partial charge in [-0.1, -0.05) is 13.8 Å². The number of methoxy groups -OCH3 is 1. The van der Waals surface area contributed by atoms with Crippen molar-refractivity contribution in [3.8, 4) is 0 Å². The summed E-state index contributed by atoms with van der Waals surface area (Å²) in [5.74, 6) is 1.26. The van der Waals surface area contributed by atoms with Crippen LogP contribution in [0, 0.1) is 17.8 Å². The average Bonchev–Trinajstić information content (AvgIpc) is 2.59. The van der Waals surface area contributed by atoms with Gasteiger partial charge in [-0.2, -0.15) is 0 Å². The van der Waals surface area contributed by atoms with Crippen LogP contribution in [-0.2, 0) is 9.53 Å². The average molecular weight is 199 g/mol. The van der Waals surface area contributed by atoms with E-state index in [4.69, 9.17) is 4.74 Å². The van der Waals surface area contributed by atoms with Gasteiger partial charge in [-0.3, -0.25) is 4.79 Å². The van der Waals surface area contributed by atoms with Gasteiger partial charge in [-0.25, -0.2) is 0 Å². The zero-order valence-electron chi connectivity index (χ0n) is 9.38. The van der Waals surface area contributed by atoms with Crippen LogP contribution in [0.4, 0.5) is 0 Å². The quantitative estimate of drug-likeness (QED) is 0.720. The first-order valence-corrected chi connectivity index (χ1v) is 5.40. The van der Waals surface area contributed by atoms with Crippen molar-refractivity contribution in [1.82, 2.24) is 5.32 Å². The number of carbonyl (C=O) groups excluding carboxylic acids is 1. The fraction of sp³-hybridized carbons (Fsp3) is 0.909. The zero-order chi connectivity index (χ0) is 10.6. The number of hydrogen-bond acceptors (Lipinski definition) is 3. The minimum atomic E-state index is 0.141. The van der Waals surface area contributed by atoms with Crippen molar-refractivity contribution in [2.45, 2.75) is 20.3 Å². The van der Waals surface area contributed by atoms with Gasteiger partial charge < -0.3 is 10.1 Å². The molecule has 1 rings (SSSR count). The summed E-state index contributed by atoms with van der Waals surface area (Å²) in [5, 5.41) is 3.26. The molecule has 3 nitrogen and oxygen atoms in total. The standard InChI is InChI=1S/C11H21NO2/c1-8(4-5-14-3)11(13)10-7-12-6-9(10)2/h8-10,12H,4-7H2,1-3H3. The molecule has 1 heterocycles. The molecule has 0 aromatic heterocycles. The second-order valence-corrected chi connectivity index (χ2v) is 4.33. The number of hydrogen-bond donors (Lipinski definition) is 1. The summed E-state index contributed by atoms with van der Waals surface area (Å²) in [6, 6.07) is 0. The summed E-state index contributed by atoms with van der Waals surface area (Å²) in [6.45, 7) is 6.67. The molecule has 0 aliphatic carbocycles. The van der Waals surface area contributed by atoms with Crippen molar-refractivity contribution in [3.63, 3.8) is 0 Å². The molecule has 3 unspecified atom stereocenters. The second-order valence-electron chi connectivity index (χ2n) is 4.33. The Morgan fingerprint density at radius 2 is 2.29 bits per heavy atom. The Bertz CT molecular complexity index is 194. The maximum atomic E-state index is 12.0. The Balaban J connectivity index is 2.39. The highest BCUT2D eigenvalue weighted by molar-refractivity contribution is 5.83. The first-order chi connectivity index (χ1) is 6.66. The number of rotatable bonds is 5. The number of carbonyl (C=O) groups is 1. The van der Waals surface area contributed by atoms with Crippen molar-refractivity contribution in [1.29, 1.82) is 0 Å². The Morgan fingerprint density at radius 3 is 2.79 bits per heavy atom. The first-order valence-electron chi connectivity index (χ1n) is 5.40. The van der Waals surface area contributed by atoms with Crippen LogP contribution >= 0.6 is 0 Å². The third-order valence-corrected chi connectivity index (χ3v) is 3.12. The minimum absolute atomic E-state index is 0.141. The minimum Gasteiger partial charge on any atom is -0.385 e. The highest BCUT2D eigenvalue weighted by Gasteiger charge is 2.31. The highest BCUT2D eigenvalue weighted by atomic mass is 16.5. The summed E-state index contributed by atoms with van der Waals surface area (Å²) in [6.07, 6.45) is 0.846. The Hall–Kier alpha value is -0.410. The van der Waals surface area contributed by atoms with Gasteiger partial charge in [0.2, 0.25) is 0 Å². The summed E-state index contributed by atoms with van der Waals surface area (Å²) in [7, 11) is 1.68. The van der Waals surface area contributed by atoms with E-state index >= 15 is 0 Å². The molecule has 1 fully saturated rings. The second kappa shape index (κ2) is 5.47. The molecule has 1 aliphatic rings. The van der Waals surface area contributed by atoms with Gasteiger partial charge >= 0.3 is 0 Å². The van der Waals surface area contributed by atoms with Gasteiger partial charge in [0.15, 0.2) is 0 Å². The van der Waals surface area contributed by atoms with Crippen LogP contribution in [0.5, 0.6) is 0 Å². The lowest BCUT2D eigenvalue weighted by molar-refractivity contribution is -0.127. The third-order valence-electron chi connectivity index (χ3n) is 3.12. The van der Waals surface area contributed by atoms with Crippen molar-refractivity contribution < 1.29 is 9.53 Å². The van der Waals surface area contributed by atoms with Crippen LogP contribution in [0.2, 0.25) is 0 Å². The van der Waals surface area contributed by atoms with Crippen molar-refractivity contribution >= 4 is 5.78 Å². The summed E-state index contributed by atoms with van der Waals surface area (Å²) in [5.41, 5.74) is 0. The molecule has 3 atom stereocenters. The largest absolute Gasteiger partial charge is 0.385 e. The van der Waals surface area contributed by atoms with E-state index in [0.29, 0.717) is 18.3 Å². The number of ketones is 1. The lowest BCUT2D eigenvalue weighted by Gasteiger charge is -2.17. The van der Waals surface area contributed by atoms with Crippen LogP contribution in [0.15, 0.2) is 0 Å². The lowest BCUT2D eigenvalue weighted by Crippen LogP contribution is -2.27. The van der Waals surface area contributed by atoms with Crippen molar-refractivity contribution in [3.05, 3.63) is 0 Å². The summed E-state index contributed by atoms with van der Waals surface area (Å²) < 4.78 is 4.98. The molecular formula is C11H21NO2. The topological polar surface area (TPSA) is 38.3 Å². The Kier molecular flexibility index (Phi) is 4.55. The Morgan fingerprint density at radius 1 is 1.57 bits per heavy atom. The van der Waals surface area contributed by atoms with E-state index in [-0.39, 0.29) is 11.8 Å². The van der Waals surface area contributed by atoms with Crippen LogP contribution in [0.3, 0.4) is 0 Å². The molecule has 0 radical (unpaired) electrons. The number of Topliss-reactive ketones (excluding diaryl/α,β-unsaturated/α-hetero) is 1. The van der Waals surface area contributed by atoms with Gasteiger partial charge in [0, 0.05) is 32.1 Å². The monoisotopic (exact) mass is 199 g/mol. The molecule has 3 heteroatoms. The SMILES string of the molecule is COCCC(C)C(=O)C1CNCC1C. The predicted octanol–water partition coefficient (Wildman–Crippen LogP) is 1.08. The molecule has 1 N–H and O–H groups in total. The van der Waals surface area contributed by atoms with Crippen LogP contribution in [0.1, 0.15) is 20.3 Å². The van der Waals surface area contributed by atoms with Crippen LogP contribution in [0.25, 0.3) is 0 Å². The highest BCUT2D eigenvalue weighted by Crippen LogP contribution is 2.21. The van der Waals surface area contributed by atoms with E-state index < -0.39 is 0 Å². The van der Waals surface area contributed by atoms with Crippen LogP contribution in [-0.4, -0.2) is 32.6 Å². The molecule has 0 bridgehead atoms.